The van der Waals surface area contributed by atoms with Gasteiger partial charge in [-0.05, 0) is 26.2 Å². The summed E-state index contributed by atoms with van der Waals surface area (Å²) in [5, 5.41) is 0. The lowest BCUT2D eigenvalue weighted by atomic mass is 10.1. The van der Waals surface area contributed by atoms with Crippen LogP contribution >= 0.6 is 0 Å². The number of hydrogen-bond donors (Lipinski definition) is 0. The molecule has 1 heterocycles. The molecule has 1 aliphatic rings. The molecule has 1 rings (SSSR count). The summed E-state index contributed by atoms with van der Waals surface area (Å²) in [5.41, 5.74) is 0. The van der Waals surface area contributed by atoms with Gasteiger partial charge in [0, 0.05) is 25.0 Å². The van der Waals surface area contributed by atoms with Gasteiger partial charge in [-0.2, -0.15) is 0 Å². The van der Waals surface area contributed by atoms with Crippen LogP contribution in [0.1, 0.15) is 79.6 Å². The molecule has 0 aromatic heterocycles. The fraction of sp³-hybridized carbons (Fsp3) is 0.889. The topological polar surface area (TPSA) is 6.48 Å². The van der Waals surface area contributed by atoms with Crippen LogP contribution in [-0.2, 0) is 0 Å². The van der Waals surface area contributed by atoms with Gasteiger partial charge in [-0.25, -0.2) is 0 Å². The molecule has 0 N–H and O–H groups in total. The smallest absolute Gasteiger partial charge is 0.103 e. The van der Waals surface area contributed by atoms with Crippen LogP contribution in [0.3, 0.4) is 0 Å². The molecule has 20 heavy (non-hydrogen) atoms. The molecule has 2 nitrogen and oxygen atoms in total. The maximum atomic E-state index is 2.55. The molecule has 1 aliphatic heterocycles. The van der Waals surface area contributed by atoms with E-state index in [0.717, 1.165) is 0 Å². The molecule has 118 valence electrons. The van der Waals surface area contributed by atoms with E-state index >= 15 is 0 Å². The molecule has 0 aromatic carbocycles. The lowest BCUT2D eigenvalue weighted by molar-refractivity contribution is 0.0843. The SMILES string of the molecule is CCCCCCCCCN1C=CN(C(C)C)C1C(C)C. The second-order valence-electron chi connectivity index (χ2n) is 6.86. The van der Waals surface area contributed by atoms with Gasteiger partial charge in [0.2, 0.25) is 0 Å². The molecule has 1 unspecified atom stereocenters. The second-order valence-corrected chi connectivity index (χ2v) is 6.86. The Morgan fingerprint density at radius 3 is 2.00 bits per heavy atom. The Kier molecular flexibility index (Phi) is 8.09. The van der Waals surface area contributed by atoms with Crippen LogP contribution in [0.4, 0.5) is 0 Å². The highest BCUT2D eigenvalue weighted by Gasteiger charge is 2.29. The standard InChI is InChI=1S/C18H36N2/c1-6-7-8-9-10-11-12-13-19-14-15-20(17(4)5)18(19)16(2)3/h14-18H,6-13H2,1-5H3. The maximum Gasteiger partial charge on any atom is 0.103 e. The Labute approximate surface area is 127 Å². The van der Waals surface area contributed by atoms with Crippen molar-refractivity contribution in [3.8, 4) is 0 Å². The summed E-state index contributed by atoms with van der Waals surface area (Å²) in [6.45, 7) is 12.8. The lowest BCUT2D eigenvalue weighted by Crippen LogP contribution is -2.45. The zero-order valence-corrected chi connectivity index (χ0v) is 14.4. The molecular weight excluding hydrogens is 244 g/mol. The highest BCUT2D eigenvalue weighted by molar-refractivity contribution is 4.99. The van der Waals surface area contributed by atoms with E-state index < -0.39 is 0 Å². The molecular formula is C18H36N2. The Hall–Kier alpha value is -0.660. The molecule has 1 atom stereocenters. The first-order chi connectivity index (χ1) is 9.57. The third-order valence-corrected chi connectivity index (χ3v) is 4.29. The minimum atomic E-state index is 0.565. The van der Waals surface area contributed by atoms with Gasteiger partial charge < -0.3 is 9.80 Å². The average Bonchev–Trinajstić information content (AvgIpc) is 2.82. The third-order valence-electron chi connectivity index (χ3n) is 4.29. The van der Waals surface area contributed by atoms with Crippen molar-refractivity contribution in [3.63, 3.8) is 0 Å². The maximum absolute atomic E-state index is 2.55. The van der Waals surface area contributed by atoms with Gasteiger partial charge in [0.25, 0.3) is 0 Å². The minimum Gasteiger partial charge on any atom is -0.356 e. The monoisotopic (exact) mass is 280 g/mol. The largest absolute Gasteiger partial charge is 0.356 e. The first kappa shape index (κ1) is 17.4. The van der Waals surface area contributed by atoms with Gasteiger partial charge in [0.15, 0.2) is 0 Å². The van der Waals surface area contributed by atoms with Crippen LogP contribution in [-0.4, -0.2) is 28.6 Å². The predicted octanol–water partition coefficient (Wildman–Crippen LogP) is 5.22. The molecule has 2 heteroatoms. The summed E-state index contributed by atoms with van der Waals surface area (Å²) in [6.07, 6.45) is 14.9. The van der Waals surface area contributed by atoms with Crippen LogP contribution in [0.25, 0.3) is 0 Å². The number of rotatable bonds is 10. The van der Waals surface area contributed by atoms with Crippen molar-refractivity contribution in [1.82, 2.24) is 9.80 Å². The van der Waals surface area contributed by atoms with Crippen molar-refractivity contribution in [2.75, 3.05) is 6.54 Å². The summed E-state index contributed by atoms with van der Waals surface area (Å²) in [5.74, 6) is 0.678. The Morgan fingerprint density at radius 1 is 0.850 bits per heavy atom. The molecule has 0 fully saturated rings. The average molecular weight is 281 g/mol. The number of hydrogen-bond acceptors (Lipinski definition) is 2. The molecule has 0 bridgehead atoms. The molecule has 0 saturated heterocycles. The van der Waals surface area contributed by atoms with E-state index in [1.807, 2.05) is 0 Å². The molecule has 0 aromatic rings. The van der Waals surface area contributed by atoms with Crippen molar-refractivity contribution in [2.24, 2.45) is 5.92 Å². The predicted molar refractivity (Wildman–Crippen MR) is 89.4 cm³/mol. The Morgan fingerprint density at radius 2 is 1.45 bits per heavy atom. The van der Waals surface area contributed by atoms with Gasteiger partial charge in [0.1, 0.15) is 6.17 Å². The van der Waals surface area contributed by atoms with E-state index in [4.69, 9.17) is 0 Å². The number of unbranched alkanes of at least 4 members (excludes halogenated alkanes) is 6. The fourth-order valence-corrected chi connectivity index (χ4v) is 3.17. The zero-order valence-electron chi connectivity index (χ0n) is 14.4. The molecule has 0 spiro atoms. The van der Waals surface area contributed by atoms with Crippen molar-refractivity contribution in [2.45, 2.75) is 91.8 Å². The van der Waals surface area contributed by atoms with Crippen LogP contribution in [0.15, 0.2) is 12.4 Å². The van der Waals surface area contributed by atoms with E-state index in [9.17, 15) is 0 Å². The number of nitrogens with zero attached hydrogens (tertiary/aromatic N) is 2. The second kappa shape index (κ2) is 9.31. The van der Waals surface area contributed by atoms with Gasteiger partial charge >= 0.3 is 0 Å². The quantitative estimate of drug-likeness (QED) is 0.506. The molecule has 0 radical (unpaired) electrons. The van der Waals surface area contributed by atoms with Crippen LogP contribution in [0, 0.1) is 5.92 Å². The summed E-state index contributed by atoms with van der Waals surface area (Å²) < 4.78 is 0. The first-order valence-corrected chi connectivity index (χ1v) is 8.79. The molecule has 0 aliphatic carbocycles. The fourth-order valence-electron chi connectivity index (χ4n) is 3.17. The van der Waals surface area contributed by atoms with Crippen LogP contribution in [0.2, 0.25) is 0 Å². The van der Waals surface area contributed by atoms with Crippen LogP contribution < -0.4 is 0 Å². The van der Waals surface area contributed by atoms with E-state index in [2.05, 4.69) is 56.8 Å². The molecule has 0 saturated carbocycles. The van der Waals surface area contributed by atoms with Gasteiger partial charge in [-0.3, -0.25) is 0 Å². The van der Waals surface area contributed by atoms with E-state index in [0.29, 0.717) is 18.1 Å². The van der Waals surface area contributed by atoms with Gasteiger partial charge in [-0.15, -0.1) is 0 Å². The van der Waals surface area contributed by atoms with E-state index in [1.165, 1.54) is 51.5 Å². The Balaban J connectivity index is 2.24. The summed E-state index contributed by atoms with van der Waals surface area (Å²) >= 11 is 0. The van der Waals surface area contributed by atoms with Gasteiger partial charge in [0.05, 0.1) is 0 Å². The zero-order chi connectivity index (χ0) is 15.0. The molecule has 0 amide bonds. The summed E-state index contributed by atoms with van der Waals surface area (Å²) in [6, 6.07) is 0.595. The lowest BCUT2D eigenvalue weighted by Gasteiger charge is -2.38. The summed E-state index contributed by atoms with van der Waals surface area (Å²) in [4.78, 5) is 5.06. The third kappa shape index (κ3) is 5.38. The first-order valence-electron chi connectivity index (χ1n) is 8.79. The minimum absolute atomic E-state index is 0.565. The van der Waals surface area contributed by atoms with Crippen molar-refractivity contribution < 1.29 is 0 Å². The normalized spacial score (nSPS) is 18.9. The summed E-state index contributed by atoms with van der Waals surface area (Å²) in [7, 11) is 0. The highest BCUT2D eigenvalue weighted by atomic mass is 15.4. The Bertz CT molecular complexity index is 271. The van der Waals surface area contributed by atoms with Crippen molar-refractivity contribution in [1.29, 1.82) is 0 Å². The van der Waals surface area contributed by atoms with Gasteiger partial charge in [-0.1, -0.05) is 59.3 Å². The highest BCUT2D eigenvalue weighted by Crippen LogP contribution is 2.25. The van der Waals surface area contributed by atoms with Crippen molar-refractivity contribution >= 4 is 0 Å². The van der Waals surface area contributed by atoms with E-state index in [-0.39, 0.29) is 0 Å². The van der Waals surface area contributed by atoms with E-state index in [1.54, 1.807) is 0 Å². The van der Waals surface area contributed by atoms with Crippen LogP contribution in [0.5, 0.6) is 0 Å². The van der Waals surface area contributed by atoms with Crippen molar-refractivity contribution in [3.05, 3.63) is 12.4 Å².